The third kappa shape index (κ3) is 11.8. The van der Waals surface area contributed by atoms with Crippen molar-refractivity contribution in [2.75, 3.05) is 46.3 Å². The summed E-state index contributed by atoms with van der Waals surface area (Å²) in [4.78, 5) is 0. The van der Waals surface area contributed by atoms with Gasteiger partial charge in [-0.05, 0) is 6.42 Å². The Morgan fingerprint density at radius 1 is 0.769 bits per heavy atom. The predicted molar refractivity (Wildman–Crippen MR) is 48.7 cm³/mol. The van der Waals surface area contributed by atoms with Crippen LogP contribution in [0.5, 0.6) is 0 Å². The van der Waals surface area contributed by atoms with Gasteiger partial charge in [0.2, 0.25) is 0 Å². The minimum atomic E-state index is -0.431. The van der Waals surface area contributed by atoms with Crippen molar-refractivity contribution in [2.24, 2.45) is 0 Å². The summed E-state index contributed by atoms with van der Waals surface area (Å²) in [5, 5.41) is 0. The molecule has 3 nitrogen and oxygen atoms in total. The van der Waals surface area contributed by atoms with Crippen LogP contribution in [0.3, 0.4) is 0 Å². The predicted octanol–water partition coefficient (Wildman–Crippen LogP) is 1.42. The lowest BCUT2D eigenvalue weighted by Gasteiger charge is -2.04. The Morgan fingerprint density at radius 3 is 1.69 bits per heavy atom. The van der Waals surface area contributed by atoms with Crippen molar-refractivity contribution in [1.29, 1.82) is 0 Å². The number of halogens is 1. The summed E-state index contributed by atoms with van der Waals surface area (Å²) in [6.07, 6.45) is 1.03. The smallest absolute Gasteiger partial charge is 0.113 e. The molecule has 0 aliphatic carbocycles. The Kier molecular flexibility index (Phi) is 11.6. The van der Waals surface area contributed by atoms with Gasteiger partial charge in [0, 0.05) is 6.61 Å². The second-order valence-electron chi connectivity index (χ2n) is 2.53. The summed E-state index contributed by atoms with van der Waals surface area (Å²) in [5.74, 6) is 0. The van der Waals surface area contributed by atoms with E-state index in [1.54, 1.807) is 0 Å². The van der Waals surface area contributed by atoms with Gasteiger partial charge >= 0.3 is 0 Å². The second kappa shape index (κ2) is 11.8. The van der Waals surface area contributed by atoms with Gasteiger partial charge in [-0.3, -0.25) is 0 Å². The van der Waals surface area contributed by atoms with Crippen molar-refractivity contribution in [3.63, 3.8) is 0 Å². The zero-order chi connectivity index (χ0) is 9.78. The summed E-state index contributed by atoms with van der Waals surface area (Å²) >= 11 is 0. The fourth-order valence-corrected chi connectivity index (χ4v) is 0.741. The zero-order valence-corrected chi connectivity index (χ0v) is 8.26. The molecule has 0 aliphatic heterocycles. The molecule has 0 atom stereocenters. The van der Waals surface area contributed by atoms with Crippen LogP contribution in [-0.2, 0) is 14.2 Å². The van der Waals surface area contributed by atoms with E-state index in [9.17, 15) is 4.39 Å². The molecule has 0 aromatic rings. The fraction of sp³-hybridized carbons (Fsp3) is 1.00. The molecule has 0 aromatic heterocycles. The number of hydrogen-bond donors (Lipinski definition) is 0. The molecule has 0 aromatic carbocycles. The molecule has 0 spiro atoms. The third-order valence-electron chi connectivity index (χ3n) is 1.31. The molecule has 0 rings (SSSR count). The van der Waals surface area contributed by atoms with Crippen molar-refractivity contribution in [3.05, 3.63) is 0 Å². The summed E-state index contributed by atoms with van der Waals surface area (Å²) < 4.78 is 26.7. The molecular weight excluding hydrogens is 175 g/mol. The Hall–Kier alpha value is -0.190. The summed E-state index contributed by atoms with van der Waals surface area (Å²) in [5.41, 5.74) is 0. The van der Waals surface area contributed by atoms with Crippen LogP contribution in [0.15, 0.2) is 0 Å². The van der Waals surface area contributed by atoms with Crippen LogP contribution in [0.25, 0.3) is 0 Å². The number of rotatable bonds is 10. The molecule has 0 saturated heterocycles. The summed E-state index contributed by atoms with van der Waals surface area (Å²) in [7, 11) is 0. The molecule has 0 bridgehead atoms. The number of ether oxygens (including phenoxy) is 3. The van der Waals surface area contributed by atoms with Gasteiger partial charge < -0.3 is 14.2 Å². The Morgan fingerprint density at radius 2 is 1.23 bits per heavy atom. The van der Waals surface area contributed by atoms with Gasteiger partial charge in [-0.25, -0.2) is 4.39 Å². The van der Waals surface area contributed by atoms with Crippen LogP contribution in [0.1, 0.15) is 13.3 Å². The normalized spacial score (nSPS) is 10.6. The van der Waals surface area contributed by atoms with E-state index in [-0.39, 0.29) is 6.61 Å². The van der Waals surface area contributed by atoms with Gasteiger partial charge in [0.25, 0.3) is 0 Å². The average Bonchev–Trinajstić information content (AvgIpc) is 2.16. The first kappa shape index (κ1) is 12.8. The maximum atomic E-state index is 11.5. The summed E-state index contributed by atoms with van der Waals surface area (Å²) in [6, 6.07) is 0. The van der Waals surface area contributed by atoms with E-state index in [1.165, 1.54) is 0 Å². The SMILES string of the molecule is CCCOCCOCCOCCF. The monoisotopic (exact) mass is 194 g/mol. The van der Waals surface area contributed by atoms with Gasteiger partial charge in [0.15, 0.2) is 0 Å². The lowest BCUT2D eigenvalue weighted by molar-refractivity contribution is 0.0124. The van der Waals surface area contributed by atoms with Crippen LogP contribution in [0, 0.1) is 0 Å². The molecule has 13 heavy (non-hydrogen) atoms. The van der Waals surface area contributed by atoms with Gasteiger partial charge in [-0.1, -0.05) is 6.92 Å². The molecule has 4 heteroatoms. The topological polar surface area (TPSA) is 27.7 Å². The molecule has 0 fully saturated rings. The molecule has 0 radical (unpaired) electrons. The van der Waals surface area contributed by atoms with E-state index in [4.69, 9.17) is 14.2 Å². The number of alkyl halides is 1. The largest absolute Gasteiger partial charge is 0.379 e. The van der Waals surface area contributed by atoms with Crippen LogP contribution in [-0.4, -0.2) is 46.3 Å². The van der Waals surface area contributed by atoms with Crippen molar-refractivity contribution in [2.45, 2.75) is 13.3 Å². The molecule has 0 unspecified atom stereocenters. The van der Waals surface area contributed by atoms with Crippen LogP contribution in [0.2, 0.25) is 0 Å². The van der Waals surface area contributed by atoms with E-state index < -0.39 is 6.67 Å². The lowest BCUT2D eigenvalue weighted by Crippen LogP contribution is -2.10. The Bertz CT molecular complexity index is 80.9. The maximum Gasteiger partial charge on any atom is 0.113 e. The third-order valence-corrected chi connectivity index (χ3v) is 1.31. The molecule has 0 aliphatic rings. The van der Waals surface area contributed by atoms with E-state index >= 15 is 0 Å². The van der Waals surface area contributed by atoms with E-state index in [0.717, 1.165) is 13.0 Å². The second-order valence-corrected chi connectivity index (χ2v) is 2.53. The summed E-state index contributed by atoms with van der Waals surface area (Å²) in [6.45, 7) is 4.74. The fourth-order valence-electron chi connectivity index (χ4n) is 0.741. The van der Waals surface area contributed by atoms with Crippen molar-refractivity contribution in [3.8, 4) is 0 Å². The minimum absolute atomic E-state index is 0.162. The Labute approximate surface area is 79.2 Å². The van der Waals surface area contributed by atoms with Crippen molar-refractivity contribution in [1.82, 2.24) is 0 Å². The van der Waals surface area contributed by atoms with E-state index in [0.29, 0.717) is 26.4 Å². The van der Waals surface area contributed by atoms with Crippen LogP contribution in [0.4, 0.5) is 4.39 Å². The highest BCUT2D eigenvalue weighted by Gasteiger charge is 1.90. The highest BCUT2D eigenvalue weighted by atomic mass is 19.1. The van der Waals surface area contributed by atoms with Gasteiger partial charge in [0.1, 0.15) is 6.67 Å². The molecule has 0 amide bonds. The quantitative estimate of drug-likeness (QED) is 0.492. The first-order chi connectivity index (χ1) is 6.41. The first-order valence-electron chi connectivity index (χ1n) is 4.71. The first-order valence-corrected chi connectivity index (χ1v) is 4.71. The van der Waals surface area contributed by atoms with Crippen LogP contribution >= 0.6 is 0 Å². The number of hydrogen-bond acceptors (Lipinski definition) is 3. The van der Waals surface area contributed by atoms with Crippen molar-refractivity contribution >= 4 is 0 Å². The average molecular weight is 194 g/mol. The van der Waals surface area contributed by atoms with Gasteiger partial charge in [-0.15, -0.1) is 0 Å². The standard InChI is InChI=1S/C9H19FO3/c1-2-4-11-6-8-13-9-7-12-5-3-10/h2-9H2,1H3. The highest BCUT2D eigenvalue weighted by Crippen LogP contribution is 1.83. The lowest BCUT2D eigenvalue weighted by atomic mass is 10.5. The Balaban J connectivity index is 2.76. The molecule has 0 N–H and O–H groups in total. The van der Waals surface area contributed by atoms with E-state index in [1.807, 2.05) is 0 Å². The van der Waals surface area contributed by atoms with Crippen LogP contribution < -0.4 is 0 Å². The molecule has 0 saturated carbocycles. The zero-order valence-electron chi connectivity index (χ0n) is 8.26. The van der Waals surface area contributed by atoms with Gasteiger partial charge in [-0.2, -0.15) is 0 Å². The van der Waals surface area contributed by atoms with Gasteiger partial charge in [0.05, 0.1) is 33.0 Å². The maximum absolute atomic E-state index is 11.5. The molecule has 0 heterocycles. The van der Waals surface area contributed by atoms with E-state index in [2.05, 4.69) is 6.92 Å². The molecular formula is C9H19FO3. The van der Waals surface area contributed by atoms with Crippen molar-refractivity contribution < 1.29 is 18.6 Å². The highest BCUT2D eigenvalue weighted by molar-refractivity contribution is 4.33. The minimum Gasteiger partial charge on any atom is -0.379 e. The molecule has 80 valence electrons.